The summed E-state index contributed by atoms with van der Waals surface area (Å²) >= 11 is 1.53. The summed E-state index contributed by atoms with van der Waals surface area (Å²) in [4.78, 5) is 28.5. The number of benzene rings is 3. The van der Waals surface area contributed by atoms with Crippen LogP contribution in [0.4, 0.5) is 5.82 Å². The molecule has 0 unspecified atom stereocenters. The quantitative estimate of drug-likeness (QED) is 0.333. The van der Waals surface area contributed by atoms with Gasteiger partial charge in [0.2, 0.25) is 11.8 Å². The Balaban J connectivity index is 1.83. The number of thioether (sulfide) groups is 1. The summed E-state index contributed by atoms with van der Waals surface area (Å²) in [5.41, 5.74) is 5.38. The second-order valence-electron chi connectivity index (χ2n) is 9.79. The molecule has 0 saturated carbocycles. The van der Waals surface area contributed by atoms with Gasteiger partial charge in [0, 0.05) is 22.7 Å². The third-order valence-electron chi connectivity index (χ3n) is 6.65. The van der Waals surface area contributed by atoms with Gasteiger partial charge in [-0.3, -0.25) is 14.5 Å². The zero-order chi connectivity index (χ0) is 27.5. The maximum Gasteiger partial charge on any atom is 0.240 e. The number of fused-ring (bicyclic) bond motifs is 1. The van der Waals surface area contributed by atoms with Crippen LogP contribution in [-0.4, -0.2) is 47.0 Å². The van der Waals surface area contributed by atoms with Gasteiger partial charge in [0.1, 0.15) is 18.1 Å². The van der Waals surface area contributed by atoms with Gasteiger partial charge in [-0.2, -0.15) is 5.10 Å². The van der Waals surface area contributed by atoms with Gasteiger partial charge in [0.25, 0.3) is 0 Å². The van der Waals surface area contributed by atoms with Crippen LogP contribution in [-0.2, 0) is 9.59 Å². The number of nitrogens with one attached hydrogen (secondary N) is 1. The molecule has 0 aliphatic carbocycles. The van der Waals surface area contributed by atoms with Crippen molar-refractivity contribution in [1.82, 2.24) is 15.1 Å². The van der Waals surface area contributed by atoms with Gasteiger partial charge in [-0.15, -0.1) is 11.8 Å². The van der Waals surface area contributed by atoms with Gasteiger partial charge < -0.3 is 10.1 Å². The molecule has 0 radical (unpaired) electrons. The molecule has 1 aliphatic heterocycles. The predicted molar refractivity (Wildman–Crippen MR) is 157 cm³/mol. The molecule has 3 aromatic carbocycles. The number of methoxy groups -OCH3 is 1. The average Bonchev–Trinajstić information content (AvgIpc) is 3.25. The van der Waals surface area contributed by atoms with Crippen LogP contribution in [0.5, 0.6) is 5.75 Å². The zero-order valence-corrected chi connectivity index (χ0v) is 23.4. The van der Waals surface area contributed by atoms with Crippen molar-refractivity contribution in [1.29, 1.82) is 0 Å². The Morgan fingerprint density at radius 1 is 1.05 bits per heavy atom. The van der Waals surface area contributed by atoms with E-state index in [0.29, 0.717) is 5.82 Å². The summed E-state index contributed by atoms with van der Waals surface area (Å²) in [6.07, 6.45) is 0. The van der Waals surface area contributed by atoms with Crippen LogP contribution < -0.4 is 15.0 Å². The molecule has 5 rings (SSSR count). The highest BCUT2D eigenvalue weighted by Crippen LogP contribution is 2.50. The standard InChI is InChI=1S/C31H32N4O3S/c1-20(2)32-26(36)18-34-27(37)19-39-30(23-15-9-11-17-25(23)38-4)28-29(22-13-6-5-7-14-22)33-35(31(28)34)24-16-10-8-12-21(24)3/h5-17,20,30H,18-19H2,1-4H3,(H,32,36)/t30-/m0/s1. The molecule has 1 atom stereocenters. The van der Waals surface area contributed by atoms with E-state index in [1.165, 1.54) is 11.8 Å². The number of aromatic nitrogens is 2. The molecule has 0 fully saturated rings. The number of para-hydroxylation sites is 2. The second-order valence-corrected chi connectivity index (χ2v) is 10.9. The maximum absolute atomic E-state index is 13.8. The van der Waals surface area contributed by atoms with Crippen LogP contribution in [0.1, 0.15) is 35.8 Å². The minimum Gasteiger partial charge on any atom is -0.496 e. The summed E-state index contributed by atoms with van der Waals surface area (Å²) in [5, 5.41) is 7.84. The van der Waals surface area contributed by atoms with E-state index in [1.807, 2.05) is 104 Å². The molecule has 39 heavy (non-hydrogen) atoms. The van der Waals surface area contributed by atoms with Crippen molar-refractivity contribution in [3.05, 3.63) is 95.6 Å². The van der Waals surface area contributed by atoms with E-state index in [9.17, 15) is 9.59 Å². The van der Waals surface area contributed by atoms with Crippen molar-refractivity contribution in [2.24, 2.45) is 0 Å². The molecule has 2 amide bonds. The Kier molecular flexibility index (Phi) is 7.74. The second kappa shape index (κ2) is 11.4. The Morgan fingerprint density at radius 2 is 1.74 bits per heavy atom. The Bertz CT molecular complexity index is 1500. The first kappa shape index (κ1) is 26.6. The molecule has 1 aromatic heterocycles. The summed E-state index contributed by atoms with van der Waals surface area (Å²) in [6, 6.07) is 25.8. The number of hydrogen-bond acceptors (Lipinski definition) is 5. The normalized spacial score (nSPS) is 15.2. The van der Waals surface area contributed by atoms with E-state index in [4.69, 9.17) is 9.84 Å². The summed E-state index contributed by atoms with van der Waals surface area (Å²) in [5.74, 6) is 1.18. The monoisotopic (exact) mass is 540 g/mol. The summed E-state index contributed by atoms with van der Waals surface area (Å²) in [7, 11) is 1.66. The highest BCUT2D eigenvalue weighted by atomic mass is 32.2. The van der Waals surface area contributed by atoms with E-state index in [1.54, 1.807) is 12.0 Å². The van der Waals surface area contributed by atoms with Crippen molar-refractivity contribution in [2.75, 3.05) is 24.3 Å². The van der Waals surface area contributed by atoms with E-state index in [0.717, 1.165) is 39.4 Å². The topological polar surface area (TPSA) is 76.5 Å². The van der Waals surface area contributed by atoms with Gasteiger partial charge >= 0.3 is 0 Å². The minimum absolute atomic E-state index is 0.0455. The fraction of sp³-hybridized carbons (Fsp3) is 0.258. The first-order valence-corrected chi connectivity index (χ1v) is 14.0. The maximum atomic E-state index is 13.8. The lowest BCUT2D eigenvalue weighted by molar-refractivity contribution is -0.123. The number of nitrogens with zero attached hydrogens (tertiary/aromatic N) is 3. The van der Waals surface area contributed by atoms with Crippen LogP contribution in [0.15, 0.2) is 78.9 Å². The lowest BCUT2D eigenvalue weighted by Crippen LogP contribution is -2.44. The molecule has 7 nitrogen and oxygen atoms in total. The number of ether oxygens (including phenoxy) is 1. The summed E-state index contributed by atoms with van der Waals surface area (Å²) in [6.45, 7) is 5.74. The third-order valence-corrected chi connectivity index (χ3v) is 7.89. The molecule has 2 heterocycles. The van der Waals surface area contributed by atoms with Gasteiger partial charge in [0.05, 0.1) is 29.5 Å². The molecule has 200 valence electrons. The van der Waals surface area contributed by atoms with Crippen molar-refractivity contribution in [3.8, 4) is 22.7 Å². The minimum atomic E-state index is -0.258. The van der Waals surface area contributed by atoms with Crippen molar-refractivity contribution >= 4 is 29.4 Å². The number of anilines is 1. The number of carbonyl (C=O) groups excluding carboxylic acids is 2. The van der Waals surface area contributed by atoms with Crippen molar-refractivity contribution < 1.29 is 14.3 Å². The zero-order valence-electron chi connectivity index (χ0n) is 22.5. The fourth-order valence-corrected chi connectivity index (χ4v) is 6.16. The van der Waals surface area contributed by atoms with Crippen LogP contribution in [0.25, 0.3) is 16.9 Å². The Labute approximate surface area is 233 Å². The van der Waals surface area contributed by atoms with Gasteiger partial charge in [-0.1, -0.05) is 66.7 Å². The van der Waals surface area contributed by atoms with Gasteiger partial charge in [-0.25, -0.2) is 4.68 Å². The van der Waals surface area contributed by atoms with Crippen LogP contribution in [0.2, 0.25) is 0 Å². The average molecular weight is 541 g/mol. The molecule has 0 bridgehead atoms. The number of amides is 2. The highest BCUT2D eigenvalue weighted by Gasteiger charge is 2.38. The van der Waals surface area contributed by atoms with E-state index >= 15 is 0 Å². The van der Waals surface area contributed by atoms with Crippen molar-refractivity contribution in [2.45, 2.75) is 32.1 Å². The number of rotatable bonds is 7. The highest BCUT2D eigenvalue weighted by molar-refractivity contribution is 8.00. The number of carbonyl (C=O) groups is 2. The molecule has 0 saturated heterocycles. The van der Waals surface area contributed by atoms with E-state index < -0.39 is 0 Å². The lowest BCUT2D eigenvalue weighted by Gasteiger charge is -2.24. The van der Waals surface area contributed by atoms with Crippen molar-refractivity contribution in [3.63, 3.8) is 0 Å². The molecular weight excluding hydrogens is 508 g/mol. The Hall–Kier alpha value is -4.04. The Morgan fingerprint density at radius 3 is 2.46 bits per heavy atom. The predicted octanol–water partition coefficient (Wildman–Crippen LogP) is 5.55. The largest absolute Gasteiger partial charge is 0.496 e. The third kappa shape index (κ3) is 5.29. The van der Waals surface area contributed by atoms with E-state index in [2.05, 4.69) is 5.32 Å². The van der Waals surface area contributed by atoms with Crippen LogP contribution >= 0.6 is 11.8 Å². The first-order chi connectivity index (χ1) is 18.9. The molecule has 1 N–H and O–H groups in total. The SMILES string of the molecule is COc1ccccc1[C@@H]1SCC(=O)N(CC(=O)NC(C)C)c2c1c(-c1ccccc1)nn2-c1ccccc1C. The number of hydrogen-bond donors (Lipinski definition) is 1. The van der Waals surface area contributed by atoms with E-state index in [-0.39, 0.29) is 35.4 Å². The number of aryl methyl sites for hydroxylation is 1. The molecule has 8 heteroatoms. The lowest BCUT2D eigenvalue weighted by atomic mass is 9.99. The summed E-state index contributed by atoms with van der Waals surface area (Å²) < 4.78 is 7.60. The van der Waals surface area contributed by atoms with Gasteiger partial charge in [0.15, 0.2) is 0 Å². The smallest absolute Gasteiger partial charge is 0.240 e. The van der Waals surface area contributed by atoms with Gasteiger partial charge in [-0.05, 0) is 38.5 Å². The molecular formula is C31H32N4O3S. The van der Waals surface area contributed by atoms with Crippen LogP contribution in [0, 0.1) is 6.92 Å². The first-order valence-electron chi connectivity index (χ1n) is 13.0. The fourth-order valence-electron chi connectivity index (χ4n) is 4.94. The van der Waals surface area contributed by atoms with Crippen LogP contribution in [0.3, 0.4) is 0 Å². The molecule has 0 spiro atoms. The molecule has 1 aliphatic rings. The molecule has 4 aromatic rings.